The van der Waals surface area contributed by atoms with E-state index < -0.39 is 12.5 Å². The summed E-state index contributed by atoms with van der Waals surface area (Å²) in [5, 5.41) is 3.21. The largest absolute Gasteiger partial charge is 0.372 e. The van der Waals surface area contributed by atoms with Gasteiger partial charge in [-0.15, -0.1) is 0 Å². The van der Waals surface area contributed by atoms with Gasteiger partial charge in [0.1, 0.15) is 0 Å². The molecule has 0 bridgehead atoms. The summed E-state index contributed by atoms with van der Waals surface area (Å²) < 4.78 is 27.0. The Morgan fingerprint density at radius 2 is 1.52 bits per heavy atom. The second-order valence-corrected chi connectivity index (χ2v) is 5.85. The quantitative estimate of drug-likeness (QED) is 0.921. The Labute approximate surface area is 124 Å². The second kappa shape index (κ2) is 6.71. The zero-order chi connectivity index (χ0) is 14.7. The first kappa shape index (κ1) is 14.7. The predicted molar refractivity (Wildman–Crippen MR) is 81.1 cm³/mol. The lowest BCUT2D eigenvalue weighted by Crippen LogP contribution is -2.46. The van der Waals surface area contributed by atoms with Crippen LogP contribution >= 0.6 is 0 Å². The molecule has 2 fully saturated rings. The SMILES string of the molecule is FC(F)[C@H](c1ccc(N2CCCC2)cc1)N1CCNCC1. The zero-order valence-electron chi connectivity index (χ0n) is 12.3. The molecule has 3 nitrogen and oxygen atoms in total. The third kappa shape index (κ3) is 3.35. The topological polar surface area (TPSA) is 18.5 Å². The third-order valence-corrected chi connectivity index (χ3v) is 4.49. The van der Waals surface area contributed by atoms with Crippen LogP contribution in [0.25, 0.3) is 0 Å². The minimum absolute atomic E-state index is 0.683. The average molecular weight is 295 g/mol. The predicted octanol–water partition coefficient (Wildman–Crippen LogP) is 2.50. The Morgan fingerprint density at radius 1 is 0.905 bits per heavy atom. The number of rotatable bonds is 4. The fourth-order valence-electron chi connectivity index (χ4n) is 3.33. The van der Waals surface area contributed by atoms with Gasteiger partial charge in [-0.1, -0.05) is 12.1 Å². The van der Waals surface area contributed by atoms with Crippen LogP contribution in [0.4, 0.5) is 14.5 Å². The molecule has 1 atom stereocenters. The van der Waals surface area contributed by atoms with E-state index >= 15 is 0 Å². The highest BCUT2D eigenvalue weighted by molar-refractivity contribution is 5.48. The van der Waals surface area contributed by atoms with E-state index in [9.17, 15) is 8.78 Å². The molecule has 2 aliphatic rings. The smallest absolute Gasteiger partial charge is 0.258 e. The molecule has 0 radical (unpaired) electrons. The van der Waals surface area contributed by atoms with Gasteiger partial charge in [0.05, 0.1) is 6.04 Å². The van der Waals surface area contributed by atoms with Crippen LogP contribution < -0.4 is 10.2 Å². The molecule has 0 aromatic heterocycles. The van der Waals surface area contributed by atoms with Crippen molar-refractivity contribution in [2.75, 3.05) is 44.2 Å². The van der Waals surface area contributed by atoms with E-state index in [1.54, 1.807) is 0 Å². The van der Waals surface area contributed by atoms with Crippen LogP contribution in [-0.4, -0.2) is 50.6 Å². The number of piperazine rings is 1. The maximum absolute atomic E-state index is 13.5. The molecule has 2 saturated heterocycles. The highest BCUT2D eigenvalue weighted by Gasteiger charge is 2.30. The molecule has 21 heavy (non-hydrogen) atoms. The molecule has 3 rings (SSSR count). The van der Waals surface area contributed by atoms with Crippen LogP contribution in [0.15, 0.2) is 24.3 Å². The number of anilines is 1. The number of halogens is 2. The van der Waals surface area contributed by atoms with Crippen LogP contribution in [0.3, 0.4) is 0 Å². The molecular weight excluding hydrogens is 272 g/mol. The Morgan fingerprint density at radius 3 is 2.10 bits per heavy atom. The molecule has 2 heterocycles. The standard InChI is InChI=1S/C16H23F2N3/c17-16(18)15(21-11-7-19-8-12-21)13-3-5-14(6-4-13)20-9-1-2-10-20/h3-6,15-16,19H,1-2,7-12H2/t15-/m0/s1. The molecule has 0 spiro atoms. The van der Waals surface area contributed by atoms with E-state index in [2.05, 4.69) is 10.2 Å². The van der Waals surface area contributed by atoms with E-state index in [-0.39, 0.29) is 0 Å². The van der Waals surface area contributed by atoms with Crippen molar-refractivity contribution in [2.24, 2.45) is 0 Å². The number of nitrogens with one attached hydrogen (secondary N) is 1. The summed E-state index contributed by atoms with van der Waals surface area (Å²) >= 11 is 0. The molecule has 1 aromatic carbocycles. The summed E-state index contributed by atoms with van der Waals surface area (Å²) in [6.45, 7) is 5.10. The molecule has 0 unspecified atom stereocenters. The summed E-state index contributed by atoms with van der Waals surface area (Å²) in [6, 6.07) is 6.98. The number of nitrogens with zero attached hydrogens (tertiary/aromatic N) is 2. The highest BCUT2D eigenvalue weighted by atomic mass is 19.3. The number of alkyl halides is 2. The van der Waals surface area contributed by atoms with Gasteiger partial charge in [0.15, 0.2) is 0 Å². The Bertz CT molecular complexity index is 437. The first-order valence-corrected chi connectivity index (χ1v) is 7.83. The van der Waals surface area contributed by atoms with Crippen molar-refractivity contribution in [2.45, 2.75) is 25.3 Å². The fraction of sp³-hybridized carbons (Fsp3) is 0.625. The van der Waals surface area contributed by atoms with Gasteiger partial charge in [-0.05, 0) is 30.5 Å². The van der Waals surface area contributed by atoms with Gasteiger partial charge < -0.3 is 10.2 Å². The number of hydrogen-bond donors (Lipinski definition) is 1. The Kier molecular flexibility index (Phi) is 4.70. The van der Waals surface area contributed by atoms with Crippen molar-refractivity contribution < 1.29 is 8.78 Å². The lowest BCUT2D eigenvalue weighted by molar-refractivity contribution is 0.0182. The van der Waals surface area contributed by atoms with Gasteiger partial charge in [-0.2, -0.15) is 0 Å². The monoisotopic (exact) mass is 295 g/mol. The van der Waals surface area contributed by atoms with Gasteiger partial charge >= 0.3 is 0 Å². The van der Waals surface area contributed by atoms with Crippen LogP contribution in [0.1, 0.15) is 24.4 Å². The van der Waals surface area contributed by atoms with E-state index in [0.717, 1.165) is 37.4 Å². The summed E-state index contributed by atoms with van der Waals surface area (Å²) in [5.41, 5.74) is 1.89. The summed E-state index contributed by atoms with van der Waals surface area (Å²) in [4.78, 5) is 4.22. The molecule has 0 saturated carbocycles. The zero-order valence-corrected chi connectivity index (χ0v) is 12.3. The van der Waals surface area contributed by atoms with Gasteiger partial charge in [0, 0.05) is 45.0 Å². The Hall–Kier alpha value is -1.20. The molecule has 0 amide bonds. The lowest BCUT2D eigenvalue weighted by atomic mass is 10.0. The van der Waals surface area contributed by atoms with Gasteiger partial charge in [0.2, 0.25) is 0 Å². The maximum Gasteiger partial charge on any atom is 0.258 e. The number of benzene rings is 1. The highest BCUT2D eigenvalue weighted by Crippen LogP contribution is 2.30. The van der Waals surface area contributed by atoms with Crippen LogP contribution in [0.2, 0.25) is 0 Å². The van der Waals surface area contributed by atoms with Crippen LogP contribution in [-0.2, 0) is 0 Å². The summed E-state index contributed by atoms with van der Waals surface area (Å²) in [5.74, 6) is 0. The normalized spacial score (nSPS) is 22.0. The van der Waals surface area contributed by atoms with E-state index in [0.29, 0.717) is 13.1 Å². The molecule has 116 valence electrons. The first-order chi connectivity index (χ1) is 10.3. The molecular formula is C16H23F2N3. The van der Waals surface area contributed by atoms with Crippen molar-refractivity contribution in [1.82, 2.24) is 10.2 Å². The molecule has 1 N–H and O–H groups in total. The minimum atomic E-state index is -2.35. The number of hydrogen-bond acceptors (Lipinski definition) is 3. The van der Waals surface area contributed by atoms with E-state index in [1.165, 1.54) is 12.8 Å². The van der Waals surface area contributed by atoms with Crippen molar-refractivity contribution >= 4 is 5.69 Å². The Balaban J connectivity index is 1.75. The summed E-state index contributed by atoms with van der Waals surface area (Å²) in [6.07, 6.45) is 0.102. The van der Waals surface area contributed by atoms with E-state index in [1.807, 2.05) is 29.2 Å². The lowest BCUT2D eigenvalue weighted by Gasteiger charge is -2.34. The molecule has 1 aromatic rings. The minimum Gasteiger partial charge on any atom is -0.372 e. The van der Waals surface area contributed by atoms with Crippen LogP contribution in [0.5, 0.6) is 0 Å². The van der Waals surface area contributed by atoms with Gasteiger partial charge in [0.25, 0.3) is 6.43 Å². The van der Waals surface area contributed by atoms with E-state index in [4.69, 9.17) is 0 Å². The van der Waals surface area contributed by atoms with Crippen molar-refractivity contribution in [3.63, 3.8) is 0 Å². The average Bonchev–Trinajstić information content (AvgIpc) is 3.03. The van der Waals surface area contributed by atoms with Crippen molar-refractivity contribution in [3.8, 4) is 0 Å². The van der Waals surface area contributed by atoms with Gasteiger partial charge in [-0.25, -0.2) is 8.78 Å². The molecule has 5 heteroatoms. The van der Waals surface area contributed by atoms with Crippen molar-refractivity contribution in [1.29, 1.82) is 0 Å². The fourth-order valence-corrected chi connectivity index (χ4v) is 3.33. The van der Waals surface area contributed by atoms with Crippen molar-refractivity contribution in [3.05, 3.63) is 29.8 Å². The molecule has 2 aliphatic heterocycles. The third-order valence-electron chi connectivity index (χ3n) is 4.49. The molecule has 0 aliphatic carbocycles. The maximum atomic E-state index is 13.5. The second-order valence-electron chi connectivity index (χ2n) is 5.85. The van der Waals surface area contributed by atoms with Crippen LogP contribution in [0, 0.1) is 0 Å². The van der Waals surface area contributed by atoms with Gasteiger partial charge in [-0.3, -0.25) is 4.90 Å². The summed E-state index contributed by atoms with van der Waals surface area (Å²) in [7, 11) is 0. The first-order valence-electron chi connectivity index (χ1n) is 7.83.